The van der Waals surface area contributed by atoms with Crippen molar-refractivity contribution in [1.82, 2.24) is 4.31 Å². The minimum atomic E-state index is -3.59. The first kappa shape index (κ1) is 15.4. The number of ether oxygens (including phenoxy) is 1. The summed E-state index contributed by atoms with van der Waals surface area (Å²) in [5.74, 6) is 0. The van der Waals surface area contributed by atoms with Gasteiger partial charge in [0.1, 0.15) is 0 Å². The second-order valence-corrected chi connectivity index (χ2v) is 6.60. The average Bonchev–Trinajstić information content (AvgIpc) is 2.48. The molecule has 7 heteroatoms. The molecule has 2 rings (SSSR count). The first-order chi connectivity index (χ1) is 9.59. The quantitative estimate of drug-likeness (QED) is 0.770. The van der Waals surface area contributed by atoms with E-state index < -0.39 is 16.1 Å². The molecular weight excluding hydrogens is 280 g/mol. The van der Waals surface area contributed by atoms with Crippen molar-refractivity contribution < 1.29 is 18.3 Å². The minimum absolute atomic E-state index is 0.223. The second-order valence-electron chi connectivity index (χ2n) is 4.71. The van der Waals surface area contributed by atoms with E-state index in [1.54, 1.807) is 24.3 Å². The summed E-state index contributed by atoms with van der Waals surface area (Å²) >= 11 is 0. The van der Waals surface area contributed by atoms with Crippen molar-refractivity contribution in [3.63, 3.8) is 0 Å². The van der Waals surface area contributed by atoms with Gasteiger partial charge in [-0.1, -0.05) is 12.1 Å². The molecule has 1 fully saturated rings. The molecule has 1 saturated heterocycles. The normalized spacial score (nSPS) is 21.0. The van der Waals surface area contributed by atoms with Crippen LogP contribution in [0.3, 0.4) is 0 Å². The smallest absolute Gasteiger partial charge is 0.243 e. The largest absolute Gasteiger partial charge is 0.395 e. The zero-order chi connectivity index (χ0) is 14.6. The molecule has 20 heavy (non-hydrogen) atoms. The third-order valence-corrected chi connectivity index (χ3v) is 5.31. The Morgan fingerprint density at radius 1 is 1.35 bits per heavy atom. The van der Waals surface area contributed by atoms with Crippen LogP contribution in [0.4, 0.5) is 0 Å². The van der Waals surface area contributed by atoms with Crippen LogP contribution in [0.2, 0.25) is 0 Å². The number of hydrogen-bond donors (Lipinski definition) is 2. The number of benzene rings is 1. The highest BCUT2D eigenvalue weighted by molar-refractivity contribution is 7.89. The highest BCUT2D eigenvalue weighted by atomic mass is 32.2. The van der Waals surface area contributed by atoms with Gasteiger partial charge < -0.3 is 15.6 Å². The summed E-state index contributed by atoms with van der Waals surface area (Å²) in [5, 5.41) is 9.29. The molecule has 0 aliphatic carbocycles. The monoisotopic (exact) mass is 300 g/mol. The molecule has 0 spiro atoms. The van der Waals surface area contributed by atoms with Crippen LogP contribution in [-0.4, -0.2) is 56.8 Å². The molecule has 0 bridgehead atoms. The second kappa shape index (κ2) is 6.64. The summed E-state index contributed by atoms with van der Waals surface area (Å²) in [4.78, 5) is 0.235. The van der Waals surface area contributed by atoms with Crippen molar-refractivity contribution in [1.29, 1.82) is 0 Å². The van der Waals surface area contributed by atoms with Crippen LogP contribution >= 0.6 is 0 Å². The molecule has 1 aliphatic heterocycles. The molecule has 0 saturated carbocycles. The van der Waals surface area contributed by atoms with Crippen LogP contribution in [0.1, 0.15) is 5.56 Å². The van der Waals surface area contributed by atoms with Crippen LogP contribution in [-0.2, 0) is 21.2 Å². The molecule has 3 N–H and O–H groups in total. The fourth-order valence-electron chi connectivity index (χ4n) is 2.23. The zero-order valence-corrected chi connectivity index (χ0v) is 12.1. The van der Waals surface area contributed by atoms with Crippen LogP contribution in [0.15, 0.2) is 29.2 Å². The van der Waals surface area contributed by atoms with Crippen molar-refractivity contribution in [3.8, 4) is 0 Å². The molecule has 0 radical (unpaired) electrons. The Morgan fingerprint density at radius 2 is 2.05 bits per heavy atom. The van der Waals surface area contributed by atoms with Gasteiger partial charge in [0.15, 0.2) is 0 Å². The summed E-state index contributed by atoms with van der Waals surface area (Å²) in [6.45, 7) is 1.12. The summed E-state index contributed by atoms with van der Waals surface area (Å²) in [5.41, 5.74) is 6.48. The Morgan fingerprint density at radius 3 is 2.65 bits per heavy atom. The van der Waals surface area contributed by atoms with E-state index in [9.17, 15) is 13.5 Å². The lowest BCUT2D eigenvalue weighted by atomic mass is 10.2. The van der Waals surface area contributed by atoms with E-state index in [0.29, 0.717) is 13.2 Å². The predicted octanol–water partition coefficient (Wildman–Crippen LogP) is -0.430. The van der Waals surface area contributed by atoms with Crippen LogP contribution in [0.25, 0.3) is 0 Å². The maximum absolute atomic E-state index is 12.6. The first-order valence-electron chi connectivity index (χ1n) is 6.59. The molecule has 0 amide bonds. The third-order valence-electron chi connectivity index (χ3n) is 3.35. The number of nitrogens with two attached hydrogens (primary N) is 1. The maximum atomic E-state index is 12.6. The van der Waals surface area contributed by atoms with Crippen LogP contribution in [0, 0.1) is 0 Å². The van der Waals surface area contributed by atoms with Gasteiger partial charge in [-0.3, -0.25) is 0 Å². The number of sulfonamides is 1. The zero-order valence-electron chi connectivity index (χ0n) is 11.2. The third kappa shape index (κ3) is 3.18. The van der Waals surface area contributed by atoms with Crippen molar-refractivity contribution in [3.05, 3.63) is 29.8 Å². The molecule has 1 aromatic rings. The SMILES string of the molecule is NCCc1ccc(S(=O)(=O)N2CCOCC2CO)cc1. The lowest BCUT2D eigenvalue weighted by Crippen LogP contribution is -2.50. The van der Waals surface area contributed by atoms with Crippen molar-refractivity contribution in [2.75, 3.05) is 32.9 Å². The molecule has 1 aromatic carbocycles. The van der Waals surface area contributed by atoms with Gasteiger partial charge in [-0.25, -0.2) is 8.42 Å². The van der Waals surface area contributed by atoms with E-state index in [0.717, 1.165) is 12.0 Å². The molecule has 1 unspecified atom stereocenters. The highest BCUT2D eigenvalue weighted by Gasteiger charge is 2.33. The molecular formula is C13H20N2O4S. The molecule has 1 heterocycles. The molecule has 1 aliphatic rings. The van der Waals surface area contributed by atoms with E-state index in [-0.39, 0.29) is 24.7 Å². The fourth-order valence-corrected chi connectivity index (χ4v) is 3.82. The Balaban J connectivity index is 2.24. The minimum Gasteiger partial charge on any atom is -0.395 e. The summed E-state index contributed by atoms with van der Waals surface area (Å²) < 4.78 is 31.6. The number of rotatable bonds is 5. The van der Waals surface area contributed by atoms with Crippen molar-refractivity contribution >= 4 is 10.0 Å². The van der Waals surface area contributed by atoms with Gasteiger partial charge in [0.05, 0.1) is 30.8 Å². The fraction of sp³-hybridized carbons (Fsp3) is 0.538. The van der Waals surface area contributed by atoms with Gasteiger partial charge >= 0.3 is 0 Å². The topological polar surface area (TPSA) is 92.9 Å². The highest BCUT2D eigenvalue weighted by Crippen LogP contribution is 2.21. The molecule has 6 nitrogen and oxygen atoms in total. The summed E-state index contributed by atoms with van der Waals surface area (Å²) in [6, 6.07) is 6.20. The number of aliphatic hydroxyl groups is 1. The van der Waals surface area contributed by atoms with Gasteiger partial charge in [-0.05, 0) is 30.7 Å². The number of nitrogens with zero attached hydrogens (tertiary/aromatic N) is 1. The lowest BCUT2D eigenvalue weighted by molar-refractivity contribution is 0.0109. The Hall–Kier alpha value is -0.990. The maximum Gasteiger partial charge on any atom is 0.243 e. The molecule has 0 aromatic heterocycles. The Kier molecular flexibility index (Phi) is 5.11. The van der Waals surface area contributed by atoms with Gasteiger partial charge in [0.2, 0.25) is 10.0 Å². The van der Waals surface area contributed by atoms with Gasteiger partial charge in [0.25, 0.3) is 0 Å². The van der Waals surface area contributed by atoms with E-state index >= 15 is 0 Å². The van der Waals surface area contributed by atoms with Crippen molar-refractivity contribution in [2.45, 2.75) is 17.4 Å². The van der Waals surface area contributed by atoms with Crippen LogP contribution < -0.4 is 5.73 Å². The number of hydrogen-bond acceptors (Lipinski definition) is 5. The van der Waals surface area contributed by atoms with Gasteiger partial charge in [-0.2, -0.15) is 4.31 Å². The molecule has 1 atom stereocenters. The van der Waals surface area contributed by atoms with Gasteiger partial charge in [0, 0.05) is 6.54 Å². The average molecular weight is 300 g/mol. The summed E-state index contributed by atoms with van der Waals surface area (Å²) in [7, 11) is -3.59. The molecule has 112 valence electrons. The van der Waals surface area contributed by atoms with Gasteiger partial charge in [-0.15, -0.1) is 0 Å². The number of aliphatic hydroxyl groups excluding tert-OH is 1. The summed E-state index contributed by atoms with van der Waals surface area (Å²) in [6.07, 6.45) is 0.719. The predicted molar refractivity (Wildman–Crippen MR) is 74.8 cm³/mol. The van der Waals surface area contributed by atoms with E-state index in [1.807, 2.05) is 0 Å². The van der Waals surface area contributed by atoms with Crippen LogP contribution in [0.5, 0.6) is 0 Å². The first-order valence-corrected chi connectivity index (χ1v) is 8.03. The van der Waals surface area contributed by atoms with E-state index in [1.165, 1.54) is 4.31 Å². The van der Waals surface area contributed by atoms with Crippen molar-refractivity contribution in [2.24, 2.45) is 5.73 Å². The standard InChI is InChI=1S/C13H20N2O4S/c14-6-5-11-1-3-13(4-2-11)20(17,18)15-7-8-19-10-12(15)9-16/h1-4,12,16H,5-10,14H2. The Bertz CT molecular complexity index is 530. The number of morpholine rings is 1. The Labute approximate surface area is 119 Å². The van der Waals surface area contributed by atoms with E-state index in [4.69, 9.17) is 10.5 Å². The lowest BCUT2D eigenvalue weighted by Gasteiger charge is -2.33. The van der Waals surface area contributed by atoms with E-state index in [2.05, 4.69) is 0 Å².